The van der Waals surface area contributed by atoms with E-state index in [0.717, 1.165) is 0 Å². The average molecular weight is 176 g/mol. The van der Waals surface area contributed by atoms with E-state index < -0.39 is 11.1 Å². The molecule has 0 saturated carbocycles. The van der Waals surface area contributed by atoms with Gasteiger partial charge < -0.3 is 0 Å². The lowest BCUT2D eigenvalue weighted by Crippen LogP contribution is -1.99. The lowest BCUT2D eigenvalue weighted by molar-refractivity contribution is 0.397. The second-order valence-electron chi connectivity index (χ2n) is 1.37. The third-order valence-corrected chi connectivity index (χ3v) is 1.62. The molecule has 0 spiro atoms. The number of rotatable bonds is 5. The number of hydrogen-bond donors (Lipinski definition) is 0. The summed E-state index contributed by atoms with van der Waals surface area (Å²) in [6.45, 7) is 3.71. The monoisotopic (exact) mass is 176 g/mol. The van der Waals surface area contributed by atoms with Gasteiger partial charge >= 0.3 is 0 Å². The fraction of sp³-hybridized carbons (Fsp3) is 0.333. The molecule has 1 atom stereocenters. The molecule has 0 fully saturated rings. The lowest BCUT2D eigenvalue weighted by Gasteiger charge is -1.93. The highest BCUT2D eigenvalue weighted by atomic mass is 32.2. The molecule has 10 heavy (non-hydrogen) atoms. The van der Waals surface area contributed by atoms with Crippen LogP contribution in [-0.2, 0) is 15.3 Å². The maximum Gasteiger partial charge on any atom is 0.160 e. The Hall–Kier alpha value is -0.280. The summed E-state index contributed by atoms with van der Waals surface area (Å²) in [6.07, 6.45) is 3.04. The minimum atomic E-state index is -1.28. The minimum Gasteiger partial charge on any atom is -0.286 e. The van der Waals surface area contributed by atoms with Gasteiger partial charge in [-0.2, -0.15) is 0 Å². The van der Waals surface area contributed by atoms with Crippen molar-refractivity contribution < 1.29 is 8.39 Å². The molecule has 0 radical (unpaired) electrons. The fourth-order valence-corrected chi connectivity index (χ4v) is 1.03. The van der Waals surface area contributed by atoms with Crippen molar-refractivity contribution >= 4 is 28.3 Å². The van der Waals surface area contributed by atoms with E-state index in [1.165, 1.54) is 6.08 Å². The first kappa shape index (κ1) is 9.72. The Kier molecular flexibility index (Phi) is 6.64. The minimum absolute atomic E-state index is 0.303. The summed E-state index contributed by atoms with van der Waals surface area (Å²) in [5, 5.41) is 2.33. The van der Waals surface area contributed by atoms with Crippen LogP contribution in [0, 0.1) is 0 Å². The van der Waals surface area contributed by atoms with Crippen molar-refractivity contribution in [3.05, 3.63) is 18.7 Å². The van der Waals surface area contributed by atoms with Gasteiger partial charge in [0.15, 0.2) is 11.1 Å². The van der Waals surface area contributed by atoms with Crippen molar-refractivity contribution in [1.82, 2.24) is 0 Å². The molecule has 0 bridgehead atoms. The topological polar surface area (TPSA) is 26.3 Å². The van der Waals surface area contributed by atoms with Crippen molar-refractivity contribution in [2.75, 3.05) is 12.4 Å². The second kappa shape index (κ2) is 6.83. The first-order valence-corrected chi connectivity index (χ1v) is 4.28. The van der Waals surface area contributed by atoms with Gasteiger partial charge in [0.05, 0.1) is 12.4 Å². The first-order valence-electron chi connectivity index (χ1n) is 2.63. The molecule has 0 aliphatic rings. The van der Waals surface area contributed by atoms with E-state index in [-0.39, 0.29) is 0 Å². The maximum absolute atomic E-state index is 10.7. The van der Waals surface area contributed by atoms with Crippen molar-refractivity contribution in [3.8, 4) is 0 Å². The summed E-state index contributed by atoms with van der Waals surface area (Å²) in [7, 11) is 0. The molecule has 0 rings (SSSR count). The van der Waals surface area contributed by atoms with Crippen LogP contribution in [-0.4, -0.2) is 21.6 Å². The summed E-state index contributed by atoms with van der Waals surface area (Å²) in [5.74, 6) is 0.303. The van der Waals surface area contributed by atoms with Gasteiger partial charge in [-0.15, -0.1) is 6.58 Å². The Labute approximate surface area is 68.2 Å². The third kappa shape index (κ3) is 5.85. The smallest absolute Gasteiger partial charge is 0.160 e. The zero-order valence-electron chi connectivity index (χ0n) is 5.41. The highest BCUT2D eigenvalue weighted by Crippen LogP contribution is 1.85. The molecule has 4 heteroatoms. The standard InChI is InChI=1S/C6H8O2S2/c1-2-4-8-10(7)6-3-5-9/h2-3H,1,4,6H2. The van der Waals surface area contributed by atoms with Crippen LogP contribution in [0.25, 0.3) is 0 Å². The van der Waals surface area contributed by atoms with Crippen LogP contribution < -0.4 is 0 Å². The zero-order valence-corrected chi connectivity index (χ0v) is 7.04. The Balaban J connectivity index is 3.43. The molecular weight excluding hydrogens is 168 g/mol. The van der Waals surface area contributed by atoms with E-state index in [1.807, 2.05) is 0 Å². The van der Waals surface area contributed by atoms with Gasteiger partial charge in [0.25, 0.3) is 0 Å². The van der Waals surface area contributed by atoms with Gasteiger partial charge in [0.1, 0.15) is 0 Å². The van der Waals surface area contributed by atoms with Crippen LogP contribution in [0.2, 0.25) is 0 Å². The summed E-state index contributed by atoms with van der Waals surface area (Å²) < 4.78 is 15.4. The van der Waals surface area contributed by atoms with Crippen molar-refractivity contribution in [3.63, 3.8) is 0 Å². The Bertz CT molecular complexity index is 171. The maximum atomic E-state index is 10.7. The summed E-state index contributed by atoms with van der Waals surface area (Å²) in [6, 6.07) is 0. The molecule has 0 aromatic rings. The van der Waals surface area contributed by atoms with E-state index in [0.29, 0.717) is 12.4 Å². The number of thiocarbonyl (C=S) groups is 1. The highest BCUT2D eigenvalue weighted by Gasteiger charge is 1.92. The zero-order chi connectivity index (χ0) is 7.82. The highest BCUT2D eigenvalue weighted by molar-refractivity contribution is 7.80. The van der Waals surface area contributed by atoms with Crippen LogP contribution in [0.15, 0.2) is 18.7 Å². The molecule has 0 aliphatic heterocycles. The molecule has 0 N–H and O–H groups in total. The molecule has 0 saturated heterocycles. The van der Waals surface area contributed by atoms with Gasteiger partial charge in [-0.3, -0.25) is 4.18 Å². The van der Waals surface area contributed by atoms with Crippen LogP contribution in [0.4, 0.5) is 0 Å². The van der Waals surface area contributed by atoms with E-state index in [9.17, 15) is 4.21 Å². The van der Waals surface area contributed by atoms with Crippen LogP contribution in [0.1, 0.15) is 0 Å². The van der Waals surface area contributed by atoms with Gasteiger partial charge in [-0.05, 0) is 23.3 Å². The normalized spacial score (nSPS) is 11.6. The van der Waals surface area contributed by atoms with Crippen LogP contribution in [0.5, 0.6) is 0 Å². The molecule has 0 aliphatic carbocycles. The van der Waals surface area contributed by atoms with Crippen LogP contribution in [0.3, 0.4) is 0 Å². The van der Waals surface area contributed by atoms with Gasteiger partial charge in [-0.1, -0.05) is 6.08 Å². The van der Waals surface area contributed by atoms with Crippen molar-refractivity contribution in [2.24, 2.45) is 0 Å². The van der Waals surface area contributed by atoms with Crippen LogP contribution >= 0.6 is 12.2 Å². The molecule has 2 nitrogen and oxygen atoms in total. The van der Waals surface area contributed by atoms with Gasteiger partial charge in [-0.25, -0.2) is 4.21 Å². The quantitative estimate of drug-likeness (QED) is 0.462. The van der Waals surface area contributed by atoms with E-state index >= 15 is 0 Å². The Morgan fingerprint density at radius 2 is 2.50 bits per heavy atom. The molecule has 0 amide bonds. The third-order valence-electron chi connectivity index (χ3n) is 0.620. The summed E-state index contributed by atoms with van der Waals surface area (Å²) in [4.78, 5) is 0. The largest absolute Gasteiger partial charge is 0.286 e. The molecular formula is C6H8O2S2. The molecule has 56 valence electrons. The molecule has 0 aromatic carbocycles. The number of hydrogen-bond acceptors (Lipinski definition) is 3. The lowest BCUT2D eigenvalue weighted by atomic mass is 10.7. The van der Waals surface area contributed by atoms with Crippen molar-refractivity contribution in [2.45, 2.75) is 0 Å². The van der Waals surface area contributed by atoms with Gasteiger partial charge in [0.2, 0.25) is 0 Å². The summed E-state index contributed by atoms with van der Waals surface area (Å²) >= 11 is 3.09. The van der Waals surface area contributed by atoms with E-state index in [2.05, 4.69) is 23.8 Å². The summed E-state index contributed by atoms with van der Waals surface area (Å²) in [5.41, 5.74) is 0. The van der Waals surface area contributed by atoms with E-state index in [4.69, 9.17) is 4.18 Å². The predicted molar refractivity (Wildman–Crippen MR) is 46.3 cm³/mol. The SMILES string of the molecule is C=CCOS(=O)CC=C=S. The predicted octanol–water partition coefficient (Wildman–Crippen LogP) is 1.01. The molecule has 0 aromatic heterocycles. The average Bonchev–Trinajstić information content (AvgIpc) is 1.97. The Morgan fingerprint density at radius 1 is 1.80 bits per heavy atom. The second-order valence-corrected chi connectivity index (χ2v) is 2.78. The molecule has 0 heterocycles. The van der Waals surface area contributed by atoms with E-state index in [1.54, 1.807) is 6.08 Å². The van der Waals surface area contributed by atoms with Crippen molar-refractivity contribution in [1.29, 1.82) is 0 Å². The molecule has 1 unspecified atom stereocenters. The fourth-order valence-electron chi connectivity index (χ4n) is 0.274. The van der Waals surface area contributed by atoms with Gasteiger partial charge in [0, 0.05) is 0 Å². The Morgan fingerprint density at radius 3 is 3.00 bits per heavy atom. The first-order chi connectivity index (χ1) is 4.81.